The quantitative estimate of drug-likeness (QED) is 0.802. The van der Waals surface area contributed by atoms with Crippen molar-refractivity contribution in [3.63, 3.8) is 0 Å². The lowest BCUT2D eigenvalue weighted by molar-refractivity contribution is -0.122. The van der Waals surface area contributed by atoms with Crippen LogP contribution in [0, 0.1) is 5.41 Å². The van der Waals surface area contributed by atoms with Crippen LogP contribution in [0.4, 0.5) is 0 Å². The van der Waals surface area contributed by atoms with Gasteiger partial charge in [-0.2, -0.15) is 0 Å². The lowest BCUT2D eigenvalue weighted by Crippen LogP contribution is -2.45. The van der Waals surface area contributed by atoms with Gasteiger partial charge in [0.25, 0.3) is 0 Å². The summed E-state index contributed by atoms with van der Waals surface area (Å²) in [4.78, 5) is 11.8. The number of nitrogens with two attached hydrogens (primary N) is 1. The maximum atomic E-state index is 11.8. The van der Waals surface area contributed by atoms with Gasteiger partial charge in [0.1, 0.15) is 0 Å². The van der Waals surface area contributed by atoms with Crippen LogP contribution in [0.15, 0.2) is 0 Å². The van der Waals surface area contributed by atoms with Gasteiger partial charge in [0, 0.05) is 18.5 Å². The average molecular weight is 290 g/mol. The zero-order valence-corrected chi connectivity index (χ0v) is 12.9. The first-order valence-electron chi connectivity index (χ1n) is 6.83. The molecule has 1 aliphatic heterocycles. The van der Waals surface area contributed by atoms with Crippen LogP contribution in [0.5, 0.6) is 0 Å². The van der Waals surface area contributed by atoms with Gasteiger partial charge in [-0.15, -0.1) is 0 Å². The molecular weight excluding hydrogens is 264 g/mol. The third-order valence-electron chi connectivity index (χ3n) is 3.15. The fourth-order valence-corrected chi connectivity index (χ4v) is 4.16. The van der Waals surface area contributed by atoms with Crippen molar-refractivity contribution in [1.29, 1.82) is 0 Å². The highest BCUT2D eigenvalue weighted by molar-refractivity contribution is 7.91. The van der Waals surface area contributed by atoms with Crippen LogP contribution < -0.4 is 11.1 Å². The van der Waals surface area contributed by atoms with Gasteiger partial charge in [-0.1, -0.05) is 20.8 Å². The van der Waals surface area contributed by atoms with Crippen molar-refractivity contribution in [2.75, 3.05) is 11.5 Å². The van der Waals surface area contributed by atoms with Crippen molar-refractivity contribution in [3.8, 4) is 0 Å². The SMILES string of the molecule is CC(C)(C)CC(N)CC(=O)NC1CCCS(=O)(=O)C1. The Kier molecular flexibility index (Phi) is 5.38. The Labute approximate surface area is 116 Å². The number of carbonyl (C=O) groups excluding carboxylic acids is 1. The molecule has 2 atom stereocenters. The Morgan fingerprint density at radius 2 is 2.05 bits per heavy atom. The molecule has 2 unspecified atom stereocenters. The molecule has 19 heavy (non-hydrogen) atoms. The average Bonchev–Trinajstić information content (AvgIpc) is 2.11. The van der Waals surface area contributed by atoms with Crippen molar-refractivity contribution in [1.82, 2.24) is 5.32 Å². The third kappa shape index (κ3) is 6.92. The molecular formula is C13H26N2O3S. The maximum absolute atomic E-state index is 11.8. The van der Waals surface area contributed by atoms with E-state index >= 15 is 0 Å². The van der Waals surface area contributed by atoms with Gasteiger partial charge in [0.2, 0.25) is 5.91 Å². The van der Waals surface area contributed by atoms with Crippen LogP contribution in [-0.4, -0.2) is 37.9 Å². The van der Waals surface area contributed by atoms with Crippen LogP contribution in [0.1, 0.15) is 46.5 Å². The molecule has 0 aromatic heterocycles. The van der Waals surface area contributed by atoms with Crippen LogP contribution >= 0.6 is 0 Å². The minimum Gasteiger partial charge on any atom is -0.352 e. The first-order chi connectivity index (χ1) is 8.57. The molecule has 0 aromatic rings. The molecule has 6 heteroatoms. The minimum absolute atomic E-state index is 0.0627. The molecule has 1 fully saturated rings. The van der Waals surface area contributed by atoms with Gasteiger partial charge in [-0.3, -0.25) is 4.79 Å². The molecule has 1 aliphatic rings. The molecule has 3 N–H and O–H groups in total. The second-order valence-corrected chi connectivity index (χ2v) is 8.98. The minimum atomic E-state index is -2.98. The number of rotatable bonds is 4. The van der Waals surface area contributed by atoms with Gasteiger partial charge in [-0.25, -0.2) is 8.42 Å². The first-order valence-corrected chi connectivity index (χ1v) is 8.65. The second-order valence-electron chi connectivity index (χ2n) is 6.75. The highest BCUT2D eigenvalue weighted by atomic mass is 32.2. The zero-order chi connectivity index (χ0) is 14.7. The van der Waals surface area contributed by atoms with Crippen LogP contribution in [-0.2, 0) is 14.6 Å². The van der Waals surface area contributed by atoms with Crippen molar-refractivity contribution in [2.24, 2.45) is 11.1 Å². The van der Waals surface area contributed by atoms with E-state index in [9.17, 15) is 13.2 Å². The standard InChI is InChI=1S/C13H26N2O3S/c1-13(2,3)8-10(14)7-12(16)15-11-5-4-6-19(17,18)9-11/h10-11H,4-9,14H2,1-3H3,(H,15,16). The van der Waals surface area contributed by atoms with E-state index in [4.69, 9.17) is 5.73 Å². The van der Waals surface area contributed by atoms with E-state index in [0.717, 1.165) is 12.8 Å². The summed E-state index contributed by atoms with van der Waals surface area (Å²) in [6.45, 7) is 6.25. The largest absolute Gasteiger partial charge is 0.352 e. The maximum Gasteiger partial charge on any atom is 0.221 e. The summed E-state index contributed by atoms with van der Waals surface area (Å²) in [6.07, 6.45) is 2.39. The number of hydrogen-bond donors (Lipinski definition) is 2. The normalized spacial score (nSPS) is 24.7. The lowest BCUT2D eigenvalue weighted by atomic mass is 9.87. The zero-order valence-electron chi connectivity index (χ0n) is 12.1. The van der Waals surface area contributed by atoms with E-state index in [1.165, 1.54) is 0 Å². The molecule has 1 amide bonds. The summed E-state index contributed by atoms with van der Waals surface area (Å²) in [5, 5.41) is 2.79. The molecule has 1 saturated heterocycles. The summed E-state index contributed by atoms with van der Waals surface area (Å²) in [6, 6.07) is -0.423. The molecule has 0 spiro atoms. The molecule has 0 saturated carbocycles. The number of carbonyl (C=O) groups is 1. The molecule has 0 bridgehead atoms. The van der Waals surface area contributed by atoms with E-state index in [1.54, 1.807) is 0 Å². The topological polar surface area (TPSA) is 89.3 Å². The summed E-state index contributed by atoms with van der Waals surface area (Å²) in [5.74, 6) is 0.162. The van der Waals surface area contributed by atoms with Crippen LogP contribution in [0.2, 0.25) is 0 Å². The van der Waals surface area contributed by atoms with E-state index in [1.807, 2.05) is 0 Å². The van der Waals surface area contributed by atoms with E-state index < -0.39 is 9.84 Å². The Bertz CT molecular complexity index is 412. The summed E-state index contributed by atoms with van der Waals surface area (Å²) in [5.41, 5.74) is 6.03. The number of hydrogen-bond acceptors (Lipinski definition) is 4. The second kappa shape index (κ2) is 6.22. The van der Waals surface area contributed by atoms with E-state index in [0.29, 0.717) is 6.42 Å². The van der Waals surface area contributed by atoms with Crippen molar-refractivity contribution >= 4 is 15.7 Å². The highest BCUT2D eigenvalue weighted by Gasteiger charge is 2.26. The Morgan fingerprint density at radius 1 is 1.42 bits per heavy atom. The Hall–Kier alpha value is -0.620. The number of nitrogens with one attached hydrogen (secondary N) is 1. The van der Waals surface area contributed by atoms with Gasteiger partial charge in [-0.05, 0) is 24.7 Å². The third-order valence-corrected chi connectivity index (χ3v) is 4.97. The monoisotopic (exact) mass is 290 g/mol. The van der Waals surface area contributed by atoms with Gasteiger partial charge < -0.3 is 11.1 Å². The smallest absolute Gasteiger partial charge is 0.221 e. The molecule has 1 heterocycles. The summed E-state index contributed by atoms with van der Waals surface area (Å²) < 4.78 is 23.0. The van der Waals surface area contributed by atoms with Gasteiger partial charge in [0.05, 0.1) is 11.5 Å². The summed E-state index contributed by atoms with van der Waals surface area (Å²) >= 11 is 0. The van der Waals surface area contributed by atoms with Gasteiger partial charge in [0.15, 0.2) is 9.84 Å². The molecule has 1 rings (SSSR count). The highest BCUT2D eigenvalue weighted by Crippen LogP contribution is 2.21. The Balaban J connectivity index is 2.39. The predicted octanol–water partition coefficient (Wildman–Crippen LogP) is 0.833. The first kappa shape index (κ1) is 16.4. The van der Waals surface area contributed by atoms with Crippen molar-refractivity contribution < 1.29 is 13.2 Å². The van der Waals surface area contributed by atoms with Crippen molar-refractivity contribution in [3.05, 3.63) is 0 Å². The van der Waals surface area contributed by atoms with Crippen molar-refractivity contribution in [2.45, 2.75) is 58.5 Å². The van der Waals surface area contributed by atoms with E-state index in [-0.39, 0.29) is 41.3 Å². The molecule has 0 aliphatic carbocycles. The molecule has 112 valence electrons. The summed E-state index contributed by atoms with van der Waals surface area (Å²) in [7, 11) is -2.98. The fraction of sp³-hybridized carbons (Fsp3) is 0.923. The number of amides is 1. The molecule has 0 radical (unpaired) electrons. The predicted molar refractivity (Wildman–Crippen MR) is 76.5 cm³/mol. The number of sulfone groups is 1. The molecule has 0 aromatic carbocycles. The van der Waals surface area contributed by atoms with E-state index in [2.05, 4.69) is 26.1 Å². The Morgan fingerprint density at radius 3 is 2.58 bits per heavy atom. The lowest BCUT2D eigenvalue weighted by Gasteiger charge is -2.25. The van der Waals surface area contributed by atoms with Crippen LogP contribution in [0.25, 0.3) is 0 Å². The fourth-order valence-electron chi connectivity index (χ4n) is 2.52. The molecule has 5 nitrogen and oxygen atoms in total. The van der Waals surface area contributed by atoms with Crippen LogP contribution in [0.3, 0.4) is 0 Å². The van der Waals surface area contributed by atoms with Gasteiger partial charge >= 0.3 is 0 Å².